The van der Waals surface area contributed by atoms with Gasteiger partial charge in [-0.1, -0.05) is 13.0 Å². The van der Waals surface area contributed by atoms with Crippen LogP contribution in [0.1, 0.15) is 37.1 Å². The first kappa shape index (κ1) is 13.8. The lowest BCUT2D eigenvalue weighted by Gasteiger charge is -2.28. The van der Waals surface area contributed by atoms with E-state index in [0.717, 1.165) is 37.1 Å². The Labute approximate surface area is 113 Å². The number of carbonyl (C=O) groups is 1. The summed E-state index contributed by atoms with van der Waals surface area (Å²) < 4.78 is 1.61. The quantitative estimate of drug-likeness (QED) is 0.835. The van der Waals surface area contributed by atoms with Gasteiger partial charge >= 0.3 is 0 Å². The Morgan fingerprint density at radius 3 is 2.95 bits per heavy atom. The minimum absolute atomic E-state index is 0.0977. The minimum Gasteiger partial charge on any atom is -0.358 e. The van der Waals surface area contributed by atoms with Gasteiger partial charge in [0, 0.05) is 24.8 Å². The van der Waals surface area contributed by atoms with Crippen LogP contribution in [0.5, 0.6) is 0 Å². The molecule has 0 radical (unpaired) electrons. The number of fused-ring (bicyclic) bond motifs is 1. The molecule has 1 amide bonds. The van der Waals surface area contributed by atoms with Crippen LogP contribution in [0.2, 0.25) is 0 Å². The SMILES string of the molecule is CCNC1CCCc2c1ccc(=O)n2CC(=O)NC. The fraction of sp³-hybridized carbons (Fsp3) is 0.571. The third kappa shape index (κ3) is 2.87. The van der Waals surface area contributed by atoms with E-state index in [2.05, 4.69) is 17.6 Å². The predicted octanol–water partition coefficient (Wildman–Crippen LogP) is 0.581. The molecule has 104 valence electrons. The number of likely N-dealkylation sites (N-methyl/N-ethyl adjacent to an activating group) is 1. The van der Waals surface area contributed by atoms with Crippen LogP contribution in [0.25, 0.3) is 0 Å². The van der Waals surface area contributed by atoms with Gasteiger partial charge in [0.25, 0.3) is 5.56 Å². The van der Waals surface area contributed by atoms with Crippen LogP contribution in [0.3, 0.4) is 0 Å². The van der Waals surface area contributed by atoms with Crippen molar-refractivity contribution in [2.45, 2.75) is 38.8 Å². The molecule has 5 nitrogen and oxygen atoms in total. The second kappa shape index (κ2) is 6.02. The zero-order valence-corrected chi connectivity index (χ0v) is 11.5. The van der Waals surface area contributed by atoms with E-state index in [1.165, 1.54) is 0 Å². The molecule has 1 heterocycles. The molecule has 1 aliphatic rings. The molecule has 0 saturated heterocycles. The van der Waals surface area contributed by atoms with E-state index < -0.39 is 0 Å². The summed E-state index contributed by atoms with van der Waals surface area (Å²) in [5.41, 5.74) is 2.07. The van der Waals surface area contributed by atoms with Crippen LogP contribution in [0.4, 0.5) is 0 Å². The molecule has 0 aromatic carbocycles. The molecule has 1 unspecified atom stereocenters. The van der Waals surface area contributed by atoms with E-state index in [1.54, 1.807) is 17.7 Å². The van der Waals surface area contributed by atoms with Crippen LogP contribution in [-0.2, 0) is 17.8 Å². The van der Waals surface area contributed by atoms with E-state index in [0.29, 0.717) is 6.04 Å². The summed E-state index contributed by atoms with van der Waals surface area (Å²) in [6.07, 6.45) is 2.99. The van der Waals surface area contributed by atoms with Crippen molar-refractivity contribution in [3.05, 3.63) is 33.7 Å². The number of carbonyl (C=O) groups excluding carboxylic acids is 1. The highest BCUT2D eigenvalue weighted by atomic mass is 16.2. The van der Waals surface area contributed by atoms with E-state index in [1.807, 2.05) is 6.07 Å². The van der Waals surface area contributed by atoms with Gasteiger partial charge in [0.05, 0.1) is 0 Å². The van der Waals surface area contributed by atoms with Gasteiger partial charge in [0.15, 0.2) is 0 Å². The van der Waals surface area contributed by atoms with E-state index in [4.69, 9.17) is 0 Å². The Bertz CT molecular complexity index is 522. The molecule has 1 aromatic rings. The Morgan fingerprint density at radius 1 is 1.47 bits per heavy atom. The largest absolute Gasteiger partial charge is 0.358 e. The highest BCUT2D eigenvalue weighted by molar-refractivity contribution is 5.75. The van der Waals surface area contributed by atoms with Crippen LogP contribution in [-0.4, -0.2) is 24.1 Å². The van der Waals surface area contributed by atoms with E-state index in [-0.39, 0.29) is 18.0 Å². The number of rotatable bonds is 4. The van der Waals surface area contributed by atoms with Crippen molar-refractivity contribution in [3.8, 4) is 0 Å². The first-order chi connectivity index (χ1) is 9.17. The van der Waals surface area contributed by atoms with Gasteiger partial charge in [-0.3, -0.25) is 9.59 Å². The molecule has 1 aliphatic carbocycles. The van der Waals surface area contributed by atoms with Crippen molar-refractivity contribution in [2.24, 2.45) is 0 Å². The van der Waals surface area contributed by atoms with Gasteiger partial charge in [-0.2, -0.15) is 0 Å². The summed E-state index contributed by atoms with van der Waals surface area (Å²) in [5.74, 6) is -0.138. The van der Waals surface area contributed by atoms with Crippen molar-refractivity contribution in [3.63, 3.8) is 0 Å². The molecular weight excluding hydrogens is 242 g/mol. The Kier molecular flexibility index (Phi) is 4.37. The first-order valence-corrected chi connectivity index (χ1v) is 6.84. The Hall–Kier alpha value is -1.62. The summed E-state index contributed by atoms with van der Waals surface area (Å²) in [6.45, 7) is 3.09. The predicted molar refractivity (Wildman–Crippen MR) is 74.1 cm³/mol. The van der Waals surface area contributed by atoms with Gasteiger partial charge in [-0.05, 0) is 31.4 Å². The molecule has 0 spiro atoms. The summed E-state index contributed by atoms with van der Waals surface area (Å²) in [7, 11) is 1.59. The maximum atomic E-state index is 12.0. The van der Waals surface area contributed by atoms with E-state index in [9.17, 15) is 9.59 Å². The number of pyridine rings is 1. The number of nitrogens with zero attached hydrogens (tertiary/aromatic N) is 1. The van der Waals surface area contributed by atoms with Crippen molar-refractivity contribution in [1.82, 2.24) is 15.2 Å². The minimum atomic E-state index is -0.138. The second-order valence-corrected chi connectivity index (χ2v) is 4.84. The number of amides is 1. The molecule has 2 rings (SSSR count). The lowest BCUT2D eigenvalue weighted by Crippen LogP contribution is -2.35. The van der Waals surface area contributed by atoms with Gasteiger partial charge in [0.1, 0.15) is 6.54 Å². The van der Waals surface area contributed by atoms with Crippen LogP contribution in [0.15, 0.2) is 16.9 Å². The average molecular weight is 263 g/mol. The van der Waals surface area contributed by atoms with Crippen molar-refractivity contribution in [2.75, 3.05) is 13.6 Å². The fourth-order valence-electron chi connectivity index (χ4n) is 2.72. The van der Waals surface area contributed by atoms with Crippen LogP contribution < -0.4 is 16.2 Å². The molecule has 5 heteroatoms. The first-order valence-electron chi connectivity index (χ1n) is 6.84. The van der Waals surface area contributed by atoms with Crippen LogP contribution >= 0.6 is 0 Å². The summed E-state index contributed by atoms with van der Waals surface area (Å²) >= 11 is 0. The molecule has 0 bridgehead atoms. The monoisotopic (exact) mass is 263 g/mol. The Balaban J connectivity index is 2.41. The number of aromatic nitrogens is 1. The van der Waals surface area contributed by atoms with Gasteiger partial charge < -0.3 is 15.2 Å². The average Bonchev–Trinajstić information content (AvgIpc) is 2.42. The normalized spacial score (nSPS) is 17.9. The molecular formula is C14H21N3O2. The van der Waals surface area contributed by atoms with Gasteiger partial charge in [-0.15, -0.1) is 0 Å². The zero-order chi connectivity index (χ0) is 13.8. The topological polar surface area (TPSA) is 63.1 Å². The molecule has 2 N–H and O–H groups in total. The van der Waals surface area contributed by atoms with Crippen molar-refractivity contribution >= 4 is 5.91 Å². The third-order valence-electron chi connectivity index (χ3n) is 3.64. The summed E-state index contributed by atoms with van der Waals surface area (Å²) in [5, 5.41) is 6.01. The molecule has 1 aromatic heterocycles. The van der Waals surface area contributed by atoms with Gasteiger partial charge in [0.2, 0.25) is 5.91 Å². The standard InChI is InChI=1S/C14H21N3O2/c1-3-16-11-5-4-6-12-10(11)7-8-14(19)17(12)9-13(18)15-2/h7-8,11,16H,3-6,9H2,1-2H3,(H,15,18). The molecule has 0 aliphatic heterocycles. The smallest absolute Gasteiger partial charge is 0.251 e. The summed E-state index contributed by atoms with van der Waals surface area (Å²) in [4.78, 5) is 23.5. The highest BCUT2D eigenvalue weighted by Gasteiger charge is 2.22. The van der Waals surface area contributed by atoms with Crippen LogP contribution in [0, 0.1) is 0 Å². The molecule has 0 fully saturated rings. The number of hydrogen-bond acceptors (Lipinski definition) is 3. The molecule has 1 atom stereocenters. The maximum absolute atomic E-state index is 12.0. The molecule has 19 heavy (non-hydrogen) atoms. The fourth-order valence-corrected chi connectivity index (χ4v) is 2.72. The number of hydrogen-bond donors (Lipinski definition) is 2. The van der Waals surface area contributed by atoms with Gasteiger partial charge in [-0.25, -0.2) is 0 Å². The maximum Gasteiger partial charge on any atom is 0.251 e. The summed E-state index contributed by atoms with van der Waals surface area (Å²) in [6, 6.07) is 3.77. The third-order valence-corrected chi connectivity index (χ3v) is 3.64. The Morgan fingerprint density at radius 2 is 2.26 bits per heavy atom. The lowest BCUT2D eigenvalue weighted by atomic mass is 9.91. The van der Waals surface area contributed by atoms with Crippen molar-refractivity contribution < 1.29 is 4.79 Å². The highest BCUT2D eigenvalue weighted by Crippen LogP contribution is 2.28. The molecule has 0 saturated carbocycles. The van der Waals surface area contributed by atoms with Crippen molar-refractivity contribution in [1.29, 1.82) is 0 Å². The van der Waals surface area contributed by atoms with E-state index >= 15 is 0 Å². The number of nitrogens with one attached hydrogen (secondary N) is 2. The second-order valence-electron chi connectivity index (χ2n) is 4.84. The lowest BCUT2D eigenvalue weighted by molar-refractivity contribution is -0.121. The zero-order valence-electron chi connectivity index (χ0n) is 11.5.